The lowest BCUT2D eigenvalue weighted by molar-refractivity contribution is -0.110. The van der Waals surface area contributed by atoms with E-state index >= 15 is 0 Å². The van der Waals surface area contributed by atoms with Crippen LogP contribution in [0.1, 0.15) is 106 Å². The number of rotatable bonds is 34. The zero-order chi connectivity index (χ0) is 79.7. The standard InChI is InChI=1S/C57H80N11O31P5S5/c1-10-33-34(11-40(93-33)65-14-26(3)46(69)60-54(65)74)96-104(82,109)89-24-36-35(12-41(94-36)64-13-25(2)45(58)59-53(64)73)97-101(79,106)86-19-31(8)91-43-38(22-84-51(43)67-16-28(5)48(71)62-56(67)76)99-103(81,108)88-20-32(9)92-44-39(23-85-52(44)68-17-29(6)49(72)63-57(68)77)98-102(80,107)87-18-30(7)90-42-37(95-100(78)105)21-83-50(42)66-15-27(4)47(70)61-55(66)75/h13-17,30-44,50-52H,10-12,18-24H2,1-9H3,(H10-,58,59,60,61,62,63,69,70,71,72,73,74,75,76,77,78,79,80,81,82,105,106,107,108,109)/p+1/t30-,31-,32-,33+,34?,35?,36+,37?,38?,39?,40+,41+,42-,43-,44-,50+,51+,52+,101?,102?,103?,104?/m0/s1. The summed E-state index contributed by atoms with van der Waals surface area (Å²) in [4.78, 5) is 174. The van der Waals surface area contributed by atoms with E-state index < -0.39 is 235 Å². The molecule has 10 rings (SSSR count). The molecule has 23 atom stereocenters. The number of nitrogens with zero attached hydrogens (tertiary/aromatic N) is 6. The number of H-pyrrole nitrogens is 4. The molecule has 10 N–H and O–H groups in total. The van der Waals surface area contributed by atoms with Crippen molar-refractivity contribution in [2.45, 2.75) is 192 Å². The number of thiol groups is 1. The van der Waals surface area contributed by atoms with Crippen molar-refractivity contribution >= 4 is 99.4 Å². The van der Waals surface area contributed by atoms with E-state index in [1.807, 2.05) is 0 Å². The van der Waals surface area contributed by atoms with Gasteiger partial charge in [0.2, 0.25) is 0 Å². The van der Waals surface area contributed by atoms with Crippen LogP contribution < -0.4 is 56.4 Å². The quantitative estimate of drug-likeness (QED) is 0.0202. The summed E-state index contributed by atoms with van der Waals surface area (Å²) in [6, 6.07) is 0. The third-order valence-electron chi connectivity index (χ3n) is 17.5. The summed E-state index contributed by atoms with van der Waals surface area (Å²) >= 11 is 25.8. The van der Waals surface area contributed by atoms with Gasteiger partial charge in [0.1, 0.15) is 67.1 Å². The van der Waals surface area contributed by atoms with Crippen LogP contribution in [0.3, 0.4) is 0 Å². The number of ether oxygens (including phenoxy) is 8. The Morgan fingerprint density at radius 2 is 0.835 bits per heavy atom. The molecule has 52 heteroatoms. The van der Waals surface area contributed by atoms with Crippen LogP contribution in [0.4, 0.5) is 5.82 Å². The Morgan fingerprint density at radius 3 is 1.23 bits per heavy atom. The first-order valence-corrected chi connectivity index (χ1v) is 46.0. The fourth-order valence-corrected chi connectivity index (χ4v) is 18.9. The van der Waals surface area contributed by atoms with Crippen LogP contribution in [0.5, 0.6) is 0 Å². The third kappa shape index (κ3) is 22.0. The van der Waals surface area contributed by atoms with E-state index in [2.05, 4.69) is 37.2 Å². The summed E-state index contributed by atoms with van der Waals surface area (Å²) in [7, 11) is -2.52. The smallest absolute Gasteiger partial charge is 0.383 e. The van der Waals surface area contributed by atoms with Crippen LogP contribution in [0, 0.1) is 34.6 Å². The van der Waals surface area contributed by atoms with Crippen molar-refractivity contribution in [2.75, 3.05) is 52.0 Å². The molecule has 10 unspecified atom stereocenters. The van der Waals surface area contributed by atoms with Gasteiger partial charge in [0.05, 0.1) is 82.9 Å². The predicted octanol–water partition coefficient (Wildman–Crippen LogP) is 0.908. The van der Waals surface area contributed by atoms with Crippen LogP contribution >= 0.6 is 46.4 Å². The Bertz CT molecular complexity index is 4970. The number of nitrogens with one attached hydrogen (secondary N) is 4. The second-order valence-electron chi connectivity index (χ2n) is 26.0. The number of aryl methyl sites for hydroxylation is 5. The summed E-state index contributed by atoms with van der Waals surface area (Å²) in [5.74, 6) is -0.0512. The summed E-state index contributed by atoms with van der Waals surface area (Å²) < 4.78 is 119. The number of nitrogens with two attached hydrogens (primary N) is 1. The van der Waals surface area contributed by atoms with Gasteiger partial charge in [0.25, 0.3) is 22.2 Å². The SMILES string of the molecule is CC[C@H]1O[C@@H](n2cc(C)c(=O)[nH]c2=O)CC1OP(O)(=S)OC[C@H]1O[C@@H](n2cc(C)c(N)nc2=O)CC1OP(O)(=S)OC[C@H](C)O[C@H]1C(OP(O)(=S)OC[C@H](C)O[C@H]2C(OP(O)(=S)OC[C@H](C)O[C@H]3C(O[P+](=O)S)CO[C@H]3n3cc(C)c(=O)[nH]c3=O)CO[C@H]2n2cc(C)c(=O)[nH]c2=O)CO[C@H]1n1cc(C)c(=O)[nH]c1=O. The van der Waals surface area contributed by atoms with Gasteiger partial charge in [-0.15, -0.1) is 4.52 Å². The maximum Gasteiger partial charge on any atom is 0.582 e. The summed E-state index contributed by atoms with van der Waals surface area (Å²) in [6.45, 7) is -7.33. The second-order valence-corrected chi connectivity index (χ2v) is 38.8. The lowest BCUT2D eigenvalue weighted by atomic mass is 10.1. The molecule has 0 aromatic carbocycles. The number of anilines is 1. The molecule has 0 saturated carbocycles. The molecule has 0 spiro atoms. The molecule has 5 aliphatic rings. The van der Waals surface area contributed by atoms with Gasteiger partial charge in [-0.25, -0.2) is 24.0 Å². The van der Waals surface area contributed by atoms with Crippen LogP contribution in [0.25, 0.3) is 0 Å². The van der Waals surface area contributed by atoms with Crippen molar-refractivity contribution in [1.82, 2.24) is 47.8 Å². The molecule has 0 bridgehead atoms. The molecule has 604 valence electrons. The Balaban J connectivity index is 0.797. The minimum Gasteiger partial charge on any atom is -0.383 e. The lowest BCUT2D eigenvalue weighted by Gasteiger charge is -2.31. The van der Waals surface area contributed by atoms with Crippen molar-refractivity contribution in [2.24, 2.45) is 0 Å². The summed E-state index contributed by atoms with van der Waals surface area (Å²) in [5.41, 5.74) is -0.0506. The van der Waals surface area contributed by atoms with Crippen molar-refractivity contribution in [3.8, 4) is 0 Å². The van der Waals surface area contributed by atoms with Crippen molar-refractivity contribution in [3.05, 3.63) is 153 Å². The van der Waals surface area contributed by atoms with Gasteiger partial charge in [-0.2, -0.15) is 4.98 Å². The Labute approximate surface area is 642 Å². The van der Waals surface area contributed by atoms with E-state index in [4.69, 9.17) is 132 Å². The number of aromatic amines is 4. The second kappa shape index (κ2) is 36.2. The highest BCUT2D eigenvalue weighted by Gasteiger charge is 2.50. The highest BCUT2D eigenvalue weighted by Crippen LogP contribution is 2.54. The Kier molecular flexibility index (Phi) is 28.9. The van der Waals surface area contributed by atoms with Crippen molar-refractivity contribution in [1.29, 1.82) is 0 Å². The van der Waals surface area contributed by atoms with Gasteiger partial charge in [-0.1, -0.05) is 6.92 Å². The van der Waals surface area contributed by atoms with Crippen LogP contribution in [0.2, 0.25) is 0 Å². The monoisotopic (exact) mass is 1730 g/mol. The van der Waals surface area contributed by atoms with Gasteiger partial charge in [-0.3, -0.25) is 61.9 Å². The first-order valence-electron chi connectivity index (χ1n) is 33.3. The number of hydrogen-bond donors (Lipinski definition) is 10. The lowest BCUT2D eigenvalue weighted by Crippen LogP contribution is -2.42. The molecule has 5 fully saturated rings. The Hall–Kier alpha value is -4.39. The maximum atomic E-state index is 13.5. The molecular weight excluding hydrogens is 1650 g/mol. The zero-order valence-electron chi connectivity index (χ0n) is 59.2. The van der Waals surface area contributed by atoms with Crippen LogP contribution in [-0.4, -0.2) is 193 Å². The van der Waals surface area contributed by atoms with E-state index in [0.29, 0.717) is 12.0 Å². The van der Waals surface area contributed by atoms with E-state index in [1.165, 1.54) is 84.0 Å². The van der Waals surface area contributed by atoms with E-state index in [9.17, 15) is 67.3 Å². The first kappa shape index (κ1) is 87.0. The molecule has 10 heterocycles. The fourth-order valence-electron chi connectivity index (χ4n) is 12.1. The summed E-state index contributed by atoms with van der Waals surface area (Å²) in [5, 5.41) is 0. The van der Waals surface area contributed by atoms with Crippen molar-refractivity contribution < 1.29 is 103 Å². The molecule has 5 saturated heterocycles. The van der Waals surface area contributed by atoms with Gasteiger partial charge in [-0.05, 0) is 114 Å². The first-order chi connectivity index (χ1) is 51.1. The van der Waals surface area contributed by atoms with Gasteiger partial charge in [0.15, 0.2) is 24.8 Å². The normalized spacial score (nSPS) is 29.0. The van der Waals surface area contributed by atoms with Crippen LogP contribution in [-0.2, 0) is 130 Å². The highest BCUT2D eigenvalue weighted by atomic mass is 32.7. The molecule has 0 amide bonds. The third-order valence-corrected chi connectivity index (χ3v) is 24.6. The molecule has 5 aliphatic heterocycles. The molecule has 0 aliphatic carbocycles. The summed E-state index contributed by atoms with van der Waals surface area (Å²) in [6.07, 6.45) is -15.0. The van der Waals surface area contributed by atoms with Gasteiger partial charge >= 0.3 is 62.6 Å². The van der Waals surface area contributed by atoms with E-state index in [0.717, 1.165) is 18.3 Å². The predicted molar refractivity (Wildman–Crippen MR) is 398 cm³/mol. The average molecular weight is 1730 g/mol. The molecule has 5 aromatic rings. The molecule has 42 nitrogen and oxygen atoms in total. The largest absolute Gasteiger partial charge is 0.582 e. The zero-order valence-corrected chi connectivity index (χ0v) is 67.9. The highest BCUT2D eigenvalue weighted by molar-refractivity contribution is 8.39. The molecular formula is C57H81N11O31P5S5+. The Morgan fingerprint density at radius 1 is 0.514 bits per heavy atom. The maximum absolute atomic E-state index is 13.5. The fraction of sp³-hybridized carbons (Fsp3) is 0.649. The van der Waals surface area contributed by atoms with E-state index in [1.54, 1.807) is 13.8 Å². The number of aromatic nitrogens is 10. The average Bonchev–Trinajstić information content (AvgIpc) is 1.71. The van der Waals surface area contributed by atoms with E-state index in [-0.39, 0.29) is 47.5 Å². The minimum absolute atomic E-state index is 0.00636. The van der Waals surface area contributed by atoms with Crippen LogP contribution in [0.15, 0.2) is 74.1 Å². The minimum atomic E-state index is -4.50. The van der Waals surface area contributed by atoms with Gasteiger partial charge < -0.3 is 99.4 Å². The van der Waals surface area contributed by atoms with Crippen molar-refractivity contribution in [3.63, 3.8) is 0 Å². The molecule has 5 aromatic heterocycles. The number of nitrogen functional groups attached to an aromatic ring is 1. The molecule has 0 radical (unpaired) electrons. The molecule has 109 heavy (non-hydrogen) atoms. The van der Waals surface area contributed by atoms with Gasteiger partial charge in [0, 0.05) is 71.6 Å². The topological polar surface area (TPSA) is 535 Å². The number of hydrogen-bond acceptors (Lipinski definition) is 33.